The van der Waals surface area contributed by atoms with Crippen LogP contribution in [0.3, 0.4) is 0 Å². The lowest BCUT2D eigenvalue weighted by Gasteiger charge is -2.46. The number of hydrogen-bond acceptors (Lipinski definition) is 4. The maximum atomic E-state index is 14.5. The van der Waals surface area contributed by atoms with Crippen LogP contribution in [0.4, 0.5) is 10.3 Å². The standard InChI is InChI=1S/C15H16FN5.C5H12.C2H6/c16-12-10(7-17)13(21-11(12)8-19-14(18)20-21)15-4-1-9(2-5-15)3-6-15;1-3-5-4-2;1-2/h8-9H,1-6H2,(H2,18,20);3-5H2,1-2H3;1-2H3. The van der Waals surface area contributed by atoms with Crippen LogP contribution >= 0.6 is 0 Å². The van der Waals surface area contributed by atoms with Crippen LogP contribution in [0.2, 0.25) is 0 Å². The fourth-order valence-electron chi connectivity index (χ4n) is 4.57. The third-order valence-corrected chi connectivity index (χ3v) is 6.06. The SMILES string of the molecule is CC.CCCCC.N#Cc1c(F)c2cnc(N)nn2c1C12CCC(CC1)CC2. The van der Waals surface area contributed by atoms with Crippen LogP contribution in [-0.4, -0.2) is 14.6 Å². The summed E-state index contributed by atoms with van der Waals surface area (Å²) in [5, 5.41) is 13.6. The molecule has 2 aromatic rings. The molecule has 0 saturated heterocycles. The molecule has 0 unspecified atom stereocenters. The Kier molecular flexibility index (Phi) is 7.79. The highest BCUT2D eigenvalue weighted by Crippen LogP contribution is 2.52. The highest BCUT2D eigenvalue weighted by atomic mass is 19.1. The summed E-state index contributed by atoms with van der Waals surface area (Å²) < 4.78 is 16.1. The first kappa shape index (κ1) is 22.1. The first-order valence-electron chi connectivity index (χ1n) is 10.8. The number of fused-ring (bicyclic) bond motifs is 4. The Morgan fingerprint density at radius 3 is 2.25 bits per heavy atom. The largest absolute Gasteiger partial charge is 0.367 e. The van der Waals surface area contributed by atoms with E-state index in [1.807, 2.05) is 19.9 Å². The summed E-state index contributed by atoms with van der Waals surface area (Å²) >= 11 is 0. The van der Waals surface area contributed by atoms with Gasteiger partial charge in [0.05, 0.1) is 11.9 Å². The van der Waals surface area contributed by atoms with Gasteiger partial charge >= 0.3 is 0 Å². The van der Waals surface area contributed by atoms with Gasteiger partial charge in [-0.05, 0) is 44.4 Å². The number of anilines is 1. The van der Waals surface area contributed by atoms with Gasteiger partial charge in [0.15, 0.2) is 5.82 Å². The van der Waals surface area contributed by atoms with Gasteiger partial charge in [0, 0.05) is 5.41 Å². The van der Waals surface area contributed by atoms with Gasteiger partial charge in [-0.3, -0.25) is 0 Å². The molecule has 0 amide bonds. The van der Waals surface area contributed by atoms with Crippen molar-refractivity contribution >= 4 is 11.5 Å². The van der Waals surface area contributed by atoms with Crippen LogP contribution in [-0.2, 0) is 5.41 Å². The summed E-state index contributed by atoms with van der Waals surface area (Å²) in [7, 11) is 0. The molecule has 0 spiro atoms. The van der Waals surface area contributed by atoms with Crippen LogP contribution in [0.1, 0.15) is 96.7 Å². The van der Waals surface area contributed by atoms with Gasteiger partial charge in [0.1, 0.15) is 17.1 Å². The number of unbranched alkanes of at least 4 members (excludes halogenated alkanes) is 2. The molecular formula is C22H34FN5. The first-order valence-corrected chi connectivity index (χ1v) is 10.8. The van der Waals surface area contributed by atoms with Crippen molar-refractivity contribution in [1.29, 1.82) is 5.26 Å². The highest BCUT2D eigenvalue weighted by molar-refractivity contribution is 5.59. The summed E-state index contributed by atoms with van der Waals surface area (Å²) in [4.78, 5) is 3.86. The molecule has 2 N–H and O–H groups in total. The van der Waals surface area contributed by atoms with Crippen molar-refractivity contribution < 1.29 is 4.39 Å². The first-order chi connectivity index (χ1) is 13.6. The zero-order valence-electron chi connectivity index (χ0n) is 17.8. The van der Waals surface area contributed by atoms with E-state index in [1.54, 1.807) is 0 Å². The van der Waals surface area contributed by atoms with Crippen LogP contribution in [0.15, 0.2) is 6.20 Å². The number of rotatable bonds is 3. The lowest BCUT2D eigenvalue weighted by Crippen LogP contribution is -2.39. The molecule has 6 heteroatoms. The molecule has 0 aromatic carbocycles. The molecule has 3 aliphatic carbocycles. The molecule has 28 heavy (non-hydrogen) atoms. The van der Waals surface area contributed by atoms with Crippen molar-refractivity contribution in [3.63, 3.8) is 0 Å². The van der Waals surface area contributed by atoms with Gasteiger partial charge in [-0.25, -0.2) is 13.9 Å². The van der Waals surface area contributed by atoms with Crippen LogP contribution in [0.5, 0.6) is 0 Å². The van der Waals surface area contributed by atoms with E-state index >= 15 is 0 Å². The molecule has 2 bridgehead atoms. The molecule has 154 valence electrons. The van der Waals surface area contributed by atoms with Gasteiger partial charge in [-0.1, -0.05) is 47.0 Å². The van der Waals surface area contributed by atoms with Crippen molar-refractivity contribution in [2.24, 2.45) is 5.92 Å². The molecular weight excluding hydrogens is 353 g/mol. The second-order valence-electron chi connectivity index (χ2n) is 7.68. The summed E-state index contributed by atoms with van der Waals surface area (Å²) in [5.41, 5.74) is 6.62. The van der Waals surface area contributed by atoms with Gasteiger partial charge in [-0.15, -0.1) is 5.10 Å². The van der Waals surface area contributed by atoms with Gasteiger partial charge in [0.2, 0.25) is 5.95 Å². The lowest BCUT2D eigenvalue weighted by atomic mass is 9.59. The number of aromatic nitrogens is 3. The van der Waals surface area contributed by atoms with E-state index < -0.39 is 5.82 Å². The Morgan fingerprint density at radius 2 is 1.79 bits per heavy atom. The minimum Gasteiger partial charge on any atom is -0.367 e. The predicted molar refractivity (Wildman–Crippen MR) is 111 cm³/mol. The fraction of sp³-hybridized carbons (Fsp3) is 0.682. The van der Waals surface area contributed by atoms with Crippen molar-refractivity contribution in [3.05, 3.63) is 23.3 Å². The molecule has 5 nitrogen and oxygen atoms in total. The smallest absolute Gasteiger partial charge is 0.238 e. The number of halogens is 1. The Labute approximate surface area is 168 Å². The van der Waals surface area contributed by atoms with Crippen molar-refractivity contribution in [3.8, 4) is 6.07 Å². The van der Waals surface area contributed by atoms with Crippen LogP contribution in [0, 0.1) is 23.1 Å². The second-order valence-corrected chi connectivity index (χ2v) is 7.68. The molecule has 2 heterocycles. The molecule has 3 saturated carbocycles. The van der Waals surface area contributed by atoms with E-state index in [2.05, 4.69) is 23.9 Å². The molecule has 0 radical (unpaired) electrons. The Hall–Kier alpha value is -2.16. The van der Waals surface area contributed by atoms with Crippen molar-refractivity contribution in [1.82, 2.24) is 14.6 Å². The number of hydrogen-bond donors (Lipinski definition) is 1. The number of nitriles is 1. The third-order valence-electron chi connectivity index (χ3n) is 6.06. The highest BCUT2D eigenvalue weighted by Gasteiger charge is 2.46. The minimum atomic E-state index is -0.519. The van der Waals surface area contributed by atoms with Crippen molar-refractivity contribution in [2.75, 3.05) is 5.73 Å². The summed E-state index contributed by atoms with van der Waals surface area (Å²) in [6.45, 7) is 8.42. The van der Waals surface area contributed by atoms with Crippen molar-refractivity contribution in [2.45, 2.75) is 90.9 Å². The van der Waals surface area contributed by atoms with Crippen LogP contribution < -0.4 is 5.73 Å². The van der Waals surface area contributed by atoms with Gasteiger partial charge in [0.25, 0.3) is 0 Å². The topological polar surface area (TPSA) is 80.0 Å². The molecule has 0 atom stereocenters. The zero-order chi connectivity index (χ0) is 20.7. The Bertz CT molecular complexity index is 797. The molecule has 3 aliphatic rings. The average Bonchev–Trinajstić information content (AvgIpc) is 3.03. The fourth-order valence-corrected chi connectivity index (χ4v) is 4.57. The van der Waals surface area contributed by atoms with Gasteiger partial charge in [-0.2, -0.15) is 5.26 Å². The number of nitrogens with zero attached hydrogens (tertiary/aromatic N) is 4. The van der Waals surface area contributed by atoms with E-state index in [0.717, 1.165) is 44.4 Å². The molecule has 3 fully saturated rings. The van der Waals surface area contributed by atoms with E-state index in [0.29, 0.717) is 5.69 Å². The maximum absolute atomic E-state index is 14.5. The number of nitrogen functional groups attached to an aromatic ring is 1. The lowest BCUT2D eigenvalue weighted by molar-refractivity contribution is 0.130. The second kappa shape index (κ2) is 9.86. The Balaban J connectivity index is 0.000000352. The van der Waals surface area contributed by atoms with E-state index in [-0.39, 0.29) is 22.4 Å². The van der Waals surface area contributed by atoms with E-state index in [9.17, 15) is 9.65 Å². The third kappa shape index (κ3) is 4.14. The number of nitrogens with two attached hydrogens (primary N) is 1. The van der Waals surface area contributed by atoms with E-state index in [4.69, 9.17) is 5.73 Å². The normalized spacial score (nSPS) is 22.6. The van der Waals surface area contributed by atoms with Crippen LogP contribution in [0.25, 0.3) is 5.52 Å². The monoisotopic (exact) mass is 387 g/mol. The molecule has 2 aromatic heterocycles. The molecule has 0 aliphatic heterocycles. The zero-order valence-corrected chi connectivity index (χ0v) is 17.8. The average molecular weight is 388 g/mol. The maximum Gasteiger partial charge on any atom is 0.238 e. The summed E-state index contributed by atoms with van der Waals surface area (Å²) in [6, 6.07) is 2.04. The predicted octanol–water partition coefficient (Wildman–Crippen LogP) is 5.77. The minimum absolute atomic E-state index is 0.101. The Morgan fingerprint density at radius 1 is 1.21 bits per heavy atom. The summed E-state index contributed by atoms with van der Waals surface area (Å²) in [5.74, 6) is 0.381. The quantitative estimate of drug-likeness (QED) is 0.725. The summed E-state index contributed by atoms with van der Waals surface area (Å²) in [6.07, 6.45) is 11.9. The van der Waals surface area contributed by atoms with E-state index in [1.165, 1.54) is 30.0 Å². The van der Waals surface area contributed by atoms with Gasteiger partial charge < -0.3 is 5.73 Å². The molecule has 5 rings (SSSR count).